The van der Waals surface area contributed by atoms with Gasteiger partial charge in [-0.1, -0.05) is 19.8 Å². The lowest BCUT2D eigenvalue weighted by molar-refractivity contribution is -0.136. The zero-order chi connectivity index (χ0) is 14.8. The van der Waals surface area contributed by atoms with E-state index in [1.807, 2.05) is 0 Å². The summed E-state index contributed by atoms with van der Waals surface area (Å²) in [5, 5.41) is 3.28. The Hall–Kier alpha value is -0.470. The van der Waals surface area contributed by atoms with Crippen molar-refractivity contribution >= 4 is 20.9 Å². The van der Waals surface area contributed by atoms with Gasteiger partial charge < -0.3 is 10.2 Å². The van der Waals surface area contributed by atoms with E-state index in [1.54, 1.807) is 4.90 Å². The standard InChI is InChI=1S/C15H29N2O2P/c1-2-16-11-7-3-5-9-13(18)15(20)17-12-8-4-6-10-14(17)19/h15-16H,2-12,20H2,1H3. The average Bonchev–Trinajstić information content (AvgIpc) is 2.66. The molecule has 0 spiro atoms. The van der Waals surface area contributed by atoms with Crippen molar-refractivity contribution in [2.75, 3.05) is 19.6 Å². The van der Waals surface area contributed by atoms with Crippen LogP contribution < -0.4 is 5.32 Å². The number of nitrogens with zero attached hydrogens (tertiary/aromatic N) is 1. The Balaban J connectivity index is 2.25. The number of Topliss-reactive ketones (excluding diaryl/α,β-unsaturated/α-hetero) is 1. The highest BCUT2D eigenvalue weighted by atomic mass is 31.0. The van der Waals surface area contributed by atoms with Gasteiger partial charge in [-0.05, 0) is 38.8 Å². The summed E-state index contributed by atoms with van der Waals surface area (Å²) >= 11 is 0. The van der Waals surface area contributed by atoms with Crippen LogP contribution in [0.5, 0.6) is 0 Å². The van der Waals surface area contributed by atoms with Crippen LogP contribution in [0.15, 0.2) is 0 Å². The maximum atomic E-state index is 12.2. The van der Waals surface area contributed by atoms with Crippen LogP contribution in [0.25, 0.3) is 0 Å². The molecule has 0 aromatic rings. The highest BCUT2D eigenvalue weighted by Crippen LogP contribution is 2.19. The number of amides is 1. The third-order valence-electron chi connectivity index (χ3n) is 3.80. The van der Waals surface area contributed by atoms with Crippen LogP contribution in [0, 0.1) is 0 Å². The predicted octanol–water partition coefficient (Wildman–Crippen LogP) is 2.33. The Kier molecular flexibility index (Phi) is 9.04. The van der Waals surface area contributed by atoms with Crippen LogP contribution in [0.1, 0.15) is 58.3 Å². The summed E-state index contributed by atoms with van der Waals surface area (Å²) < 4.78 is 0. The van der Waals surface area contributed by atoms with Gasteiger partial charge in [0.2, 0.25) is 5.91 Å². The first-order valence-corrected chi connectivity index (χ1v) is 8.62. The van der Waals surface area contributed by atoms with Crippen molar-refractivity contribution < 1.29 is 9.59 Å². The lowest BCUT2D eigenvalue weighted by atomic mass is 10.1. The van der Waals surface area contributed by atoms with Crippen molar-refractivity contribution in [3.63, 3.8) is 0 Å². The number of carbonyl (C=O) groups is 2. The van der Waals surface area contributed by atoms with E-state index in [9.17, 15) is 9.59 Å². The molecule has 1 aliphatic heterocycles. The van der Waals surface area contributed by atoms with E-state index < -0.39 is 0 Å². The first-order valence-electron chi connectivity index (χ1n) is 7.95. The summed E-state index contributed by atoms with van der Waals surface area (Å²) in [6.07, 6.45) is 7.38. The molecule has 1 heterocycles. The molecule has 1 aliphatic rings. The molecule has 1 N–H and O–H groups in total. The van der Waals surface area contributed by atoms with Crippen molar-refractivity contribution in [3.8, 4) is 0 Å². The molecule has 2 unspecified atom stereocenters. The first-order chi connectivity index (χ1) is 9.66. The lowest BCUT2D eigenvalue weighted by Gasteiger charge is -2.26. The van der Waals surface area contributed by atoms with Crippen LogP contribution >= 0.6 is 9.24 Å². The van der Waals surface area contributed by atoms with Gasteiger partial charge in [0.1, 0.15) is 5.78 Å². The number of nitrogens with one attached hydrogen (secondary N) is 1. The van der Waals surface area contributed by atoms with Gasteiger partial charge in [0.15, 0.2) is 5.78 Å². The Morgan fingerprint density at radius 3 is 2.85 bits per heavy atom. The highest BCUT2D eigenvalue weighted by Gasteiger charge is 2.26. The van der Waals surface area contributed by atoms with Crippen LogP contribution in [-0.4, -0.2) is 42.0 Å². The number of ketones is 1. The molecule has 0 bridgehead atoms. The van der Waals surface area contributed by atoms with Gasteiger partial charge in [-0.2, -0.15) is 0 Å². The molecule has 2 atom stereocenters. The van der Waals surface area contributed by atoms with Crippen LogP contribution in [-0.2, 0) is 9.59 Å². The minimum absolute atomic E-state index is 0.142. The van der Waals surface area contributed by atoms with E-state index in [4.69, 9.17) is 0 Å². The van der Waals surface area contributed by atoms with Gasteiger partial charge in [0.05, 0.1) is 0 Å². The monoisotopic (exact) mass is 300 g/mol. The Bertz CT molecular complexity index is 310. The minimum atomic E-state index is -0.311. The molecule has 1 amide bonds. The Morgan fingerprint density at radius 1 is 1.30 bits per heavy atom. The number of hydrogen-bond acceptors (Lipinski definition) is 3. The summed E-state index contributed by atoms with van der Waals surface area (Å²) in [6.45, 7) is 4.86. The molecule has 5 heteroatoms. The van der Waals surface area contributed by atoms with E-state index in [0.29, 0.717) is 12.8 Å². The minimum Gasteiger partial charge on any atom is -0.329 e. The molecule has 0 aromatic carbocycles. The average molecular weight is 300 g/mol. The molecule has 0 aromatic heterocycles. The first kappa shape index (κ1) is 17.6. The van der Waals surface area contributed by atoms with Gasteiger partial charge in [-0.3, -0.25) is 9.59 Å². The summed E-state index contributed by atoms with van der Waals surface area (Å²) in [7, 11) is 2.57. The maximum Gasteiger partial charge on any atom is 0.223 e. The Labute approximate surface area is 125 Å². The van der Waals surface area contributed by atoms with E-state index in [0.717, 1.165) is 58.2 Å². The zero-order valence-electron chi connectivity index (χ0n) is 12.7. The molecular formula is C15H29N2O2P. The topological polar surface area (TPSA) is 49.4 Å². The lowest BCUT2D eigenvalue weighted by Crippen LogP contribution is -2.41. The molecule has 0 saturated carbocycles. The number of hydrogen-bond donors (Lipinski definition) is 1. The van der Waals surface area contributed by atoms with Gasteiger partial charge in [0, 0.05) is 19.4 Å². The molecule has 0 aliphatic carbocycles. The highest BCUT2D eigenvalue weighted by molar-refractivity contribution is 7.19. The molecule has 1 rings (SSSR count). The molecular weight excluding hydrogens is 271 g/mol. The SMILES string of the molecule is CCNCCCCCC(=O)C(P)N1CCCCCC1=O. The van der Waals surface area contributed by atoms with E-state index in [-0.39, 0.29) is 17.5 Å². The van der Waals surface area contributed by atoms with Gasteiger partial charge >= 0.3 is 0 Å². The predicted molar refractivity (Wildman–Crippen MR) is 85.7 cm³/mol. The molecule has 4 nitrogen and oxygen atoms in total. The maximum absolute atomic E-state index is 12.2. The molecule has 0 radical (unpaired) electrons. The van der Waals surface area contributed by atoms with Crippen LogP contribution in [0.2, 0.25) is 0 Å². The van der Waals surface area contributed by atoms with Crippen molar-refractivity contribution in [1.82, 2.24) is 10.2 Å². The largest absolute Gasteiger partial charge is 0.329 e. The second-order valence-electron chi connectivity index (χ2n) is 5.47. The van der Waals surface area contributed by atoms with Gasteiger partial charge in [-0.25, -0.2) is 0 Å². The summed E-state index contributed by atoms with van der Waals surface area (Å²) in [6, 6.07) is 0. The zero-order valence-corrected chi connectivity index (χ0v) is 13.9. The fourth-order valence-corrected chi connectivity index (χ4v) is 3.00. The van der Waals surface area contributed by atoms with Crippen LogP contribution in [0.3, 0.4) is 0 Å². The second kappa shape index (κ2) is 10.3. The summed E-state index contributed by atoms with van der Waals surface area (Å²) in [4.78, 5) is 25.9. The van der Waals surface area contributed by atoms with Crippen molar-refractivity contribution in [1.29, 1.82) is 0 Å². The van der Waals surface area contributed by atoms with E-state index in [2.05, 4.69) is 21.5 Å². The smallest absolute Gasteiger partial charge is 0.223 e. The Morgan fingerprint density at radius 2 is 2.10 bits per heavy atom. The molecule has 1 saturated heterocycles. The summed E-state index contributed by atoms with van der Waals surface area (Å²) in [5.74, 6) is 0.0195. The van der Waals surface area contributed by atoms with Crippen LogP contribution in [0.4, 0.5) is 0 Å². The van der Waals surface area contributed by atoms with Gasteiger partial charge in [-0.15, -0.1) is 9.24 Å². The van der Waals surface area contributed by atoms with E-state index >= 15 is 0 Å². The summed E-state index contributed by atoms with van der Waals surface area (Å²) in [5.41, 5.74) is 0. The van der Waals surface area contributed by atoms with Gasteiger partial charge in [0.25, 0.3) is 0 Å². The fraction of sp³-hybridized carbons (Fsp3) is 0.867. The number of unbranched alkanes of at least 4 members (excludes halogenated alkanes) is 2. The second-order valence-corrected chi connectivity index (χ2v) is 6.10. The van der Waals surface area contributed by atoms with E-state index in [1.165, 1.54) is 0 Å². The van der Waals surface area contributed by atoms with Crippen molar-refractivity contribution in [2.24, 2.45) is 0 Å². The molecule has 20 heavy (non-hydrogen) atoms. The number of likely N-dealkylation sites (tertiary alicyclic amines) is 1. The molecule has 1 fully saturated rings. The third-order valence-corrected chi connectivity index (χ3v) is 4.53. The normalized spacial score (nSPS) is 17.9. The third kappa shape index (κ3) is 6.32. The van der Waals surface area contributed by atoms with Crippen molar-refractivity contribution in [3.05, 3.63) is 0 Å². The van der Waals surface area contributed by atoms with Crippen molar-refractivity contribution in [2.45, 2.75) is 64.1 Å². The number of carbonyl (C=O) groups excluding carboxylic acids is 2. The quantitative estimate of drug-likeness (QED) is 0.525. The fourth-order valence-electron chi connectivity index (χ4n) is 2.52. The molecule has 116 valence electrons. The number of rotatable bonds is 9.